The molecule has 37 heavy (non-hydrogen) atoms. The molecule has 2 N–H and O–H groups in total. The molecule has 6 nitrogen and oxygen atoms in total. The Morgan fingerprint density at radius 2 is 1.57 bits per heavy atom. The number of halogens is 3. The molecule has 3 aromatic rings. The number of ether oxygens (including phenoxy) is 1. The van der Waals surface area contributed by atoms with Gasteiger partial charge < -0.3 is 14.7 Å². The van der Waals surface area contributed by atoms with Gasteiger partial charge >= 0.3 is 6.36 Å². The van der Waals surface area contributed by atoms with Crippen molar-refractivity contribution in [3.05, 3.63) is 83.9 Å². The van der Waals surface area contributed by atoms with Crippen LogP contribution in [0.2, 0.25) is 0 Å². The van der Waals surface area contributed by atoms with Crippen LogP contribution in [0.1, 0.15) is 24.5 Å². The molecule has 2 atom stereocenters. The molecule has 0 aromatic heterocycles. The van der Waals surface area contributed by atoms with E-state index in [2.05, 4.69) is 30.9 Å². The summed E-state index contributed by atoms with van der Waals surface area (Å²) < 4.78 is 62.4. The molecular weight excluding hydrogens is 503 g/mol. The number of alkyl halides is 3. The van der Waals surface area contributed by atoms with Gasteiger partial charge in [0.25, 0.3) is 0 Å². The monoisotopic (exact) mass is 533 g/mol. The molecule has 0 radical (unpaired) electrons. The fraction of sp³-hybridized carbons (Fsp3) is 0.333. The highest BCUT2D eigenvalue weighted by Crippen LogP contribution is 2.36. The van der Waals surface area contributed by atoms with Gasteiger partial charge in [-0.25, -0.2) is 13.3 Å². The van der Waals surface area contributed by atoms with Crippen LogP contribution >= 0.6 is 0 Å². The van der Waals surface area contributed by atoms with E-state index in [1.807, 2.05) is 43.3 Å². The molecular formula is C27H30F3N3O3S. The Kier molecular flexibility index (Phi) is 8.41. The summed E-state index contributed by atoms with van der Waals surface area (Å²) in [6, 6.07) is 21.0. The second-order valence-electron chi connectivity index (χ2n) is 8.77. The maximum atomic E-state index is 13.7. The van der Waals surface area contributed by atoms with E-state index in [4.69, 9.17) is 0 Å². The standard InChI is InChI=1S/C27H30F3N3O3S/c1-2-17-31-37(35,24-15-13-23(14-16-24)36-27(28,29)30)32-18-22(34)19-33-25-9-5-3-7-20(25)11-12-21-8-4-6-10-26(21)33/h3-10,13-16,22,34H,2,11-12,17-19H2,1H3,(H,31,32,35)/t22-,37-/m1/s1. The maximum absolute atomic E-state index is 13.7. The molecule has 0 fully saturated rings. The number of benzene rings is 3. The van der Waals surface area contributed by atoms with Gasteiger partial charge in [0, 0.05) is 24.5 Å². The Bertz CT molecular complexity index is 1270. The van der Waals surface area contributed by atoms with E-state index in [9.17, 15) is 22.5 Å². The minimum Gasteiger partial charge on any atom is -0.406 e. The summed E-state index contributed by atoms with van der Waals surface area (Å²) in [6.45, 7) is 2.39. The van der Waals surface area contributed by atoms with Gasteiger partial charge in [0.2, 0.25) is 0 Å². The van der Waals surface area contributed by atoms with Gasteiger partial charge in [0.05, 0.1) is 17.5 Å². The Labute approximate surface area is 215 Å². The number of aliphatic hydroxyl groups excluding tert-OH is 1. The highest BCUT2D eigenvalue weighted by Gasteiger charge is 2.31. The molecule has 0 spiro atoms. The smallest absolute Gasteiger partial charge is 0.406 e. The number of nitrogens with one attached hydrogen (secondary N) is 1. The molecule has 0 aliphatic carbocycles. The molecule has 1 heterocycles. The van der Waals surface area contributed by atoms with Crippen LogP contribution in [-0.2, 0) is 22.8 Å². The number of para-hydroxylation sites is 2. The Morgan fingerprint density at radius 1 is 1.00 bits per heavy atom. The van der Waals surface area contributed by atoms with Crippen LogP contribution in [0, 0.1) is 0 Å². The zero-order valence-corrected chi connectivity index (χ0v) is 21.3. The topological polar surface area (TPSA) is 74.2 Å². The predicted molar refractivity (Wildman–Crippen MR) is 138 cm³/mol. The van der Waals surface area contributed by atoms with Crippen molar-refractivity contribution >= 4 is 21.3 Å². The molecule has 4 rings (SSSR count). The number of nitrogens with zero attached hydrogens (tertiary/aromatic N) is 2. The van der Waals surface area contributed by atoms with E-state index >= 15 is 0 Å². The van der Waals surface area contributed by atoms with E-state index in [0.717, 1.165) is 36.3 Å². The van der Waals surface area contributed by atoms with Crippen LogP contribution in [0.3, 0.4) is 0 Å². The molecule has 0 amide bonds. The van der Waals surface area contributed by atoms with E-state index < -0.39 is 28.1 Å². The van der Waals surface area contributed by atoms with Crippen LogP contribution in [0.5, 0.6) is 5.75 Å². The predicted octanol–water partition coefficient (Wildman–Crippen LogP) is 5.62. The van der Waals surface area contributed by atoms with Crippen LogP contribution in [0.4, 0.5) is 24.5 Å². The number of hydrogen-bond donors (Lipinski definition) is 2. The highest BCUT2D eigenvalue weighted by molar-refractivity contribution is 7.91. The summed E-state index contributed by atoms with van der Waals surface area (Å²) in [4.78, 5) is 2.30. The molecule has 0 unspecified atom stereocenters. The summed E-state index contributed by atoms with van der Waals surface area (Å²) in [5.74, 6) is -0.410. The van der Waals surface area contributed by atoms with Crippen molar-refractivity contribution in [2.75, 3.05) is 24.5 Å². The molecule has 198 valence electrons. The van der Waals surface area contributed by atoms with E-state index in [0.29, 0.717) is 6.42 Å². The average Bonchev–Trinajstić information content (AvgIpc) is 3.03. The van der Waals surface area contributed by atoms with Crippen molar-refractivity contribution in [2.45, 2.75) is 43.5 Å². The fourth-order valence-corrected chi connectivity index (χ4v) is 6.07. The number of anilines is 2. The third kappa shape index (κ3) is 6.82. The fourth-order valence-electron chi connectivity index (χ4n) is 4.30. The number of rotatable bonds is 9. The lowest BCUT2D eigenvalue weighted by Gasteiger charge is -2.29. The van der Waals surface area contributed by atoms with Crippen molar-refractivity contribution in [3.8, 4) is 5.75 Å². The molecule has 0 bridgehead atoms. The molecule has 0 saturated carbocycles. The summed E-state index contributed by atoms with van der Waals surface area (Å²) in [5, 5.41) is 11.0. The number of β-amino-alcohol motifs (C(OH)–C–C–N with tert-alkyl or cyclic N) is 1. The van der Waals surface area contributed by atoms with E-state index in [-0.39, 0.29) is 24.5 Å². The van der Waals surface area contributed by atoms with Crippen molar-refractivity contribution in [1.82, 2.24) is 4.72 Å². The van der Waals surface area contributed by atoms with Crippen molar-refractivity contribution in [1.29, 1.82) is 0 Å². The summed E-state index contributed by atoms with van der Waals surface area (Å²) in [5.41, 5.74) is 4.40. The first-order valence-corrected chi connectivity index (χ1v) is 13.6. The van der Waals surface area contributed by atoms with E-state index in [1.165, 1.54) is 23.3 Å². The molecule has 1 aliphatic rings. The molecule has 3 aromatic carbocycles. The summed E-state index contributed by atoms with van der Waals surface area (Å²) >= 11 is 0. The number of aliphatic hydroxyl groups is 1. The van der Waals surface area contributed by atoms with Crippen LogP contribution in [0.15, 0.2) is 82.1 Å². The summed E-state index contributed by atoms with van der Waals surface area (Å²) in [7, 11) is -3.19. The first-order chi connectivity index (χ1) is 17.7. The minimum absolute atomic E-state index is 0.0340. The quantitative estimate of drug-likeness (QED) is 0.374. The zero-order valence-electron chi connectivity index (χ0n) is 20.4. The minimum atomic E-state index is -4.82. The lowest BCUT2D eigenvalue weighted by Crippen LogP contribution is -2.39. The first-order valence-electron chi connectivity index (χ1n) is 12.1. The van der Waals surface area contributed by atoms with Crippen LogP contribution in [0.25, 0.3) is 0 Å². The zero-order chi connectivity index (χ0) is 26.5. The van der Waals surface area contributed by atoms with Gasteiger partial charge in [0.1, 0.15) is 15.7 Å². The normalized spacial score (nSPS) is 15.6. The Morgan fingerprint density at radius 3 is 2.11 bits per heavy atom. The van der Waals surface area contributed by atoms with Gasteiger partial charge in [-0.3, -0.25) is 0 Å². The molecule has 1 aliphatic heterocycles. The van der Waals surface area contributed by atoms with Crippen molar-refractivity contribution in [2.24, 2.45) is 4.36 Å². The van der Waals surface area contributed by atoms with Gasteiger partial charge in [0.15, 0.2) is 0 Å². The lowest BCUT2D eigenvalue weighted by molar-refractivity contribution is -0.274. The lowest BCUT2D eigenvalue weighted by atomic mass is 10.0. The van der Waals surface area contributed by atoms with Crippen LogP contribution in [-0.4, -0.2) is 41.4 Å². The largest absolute Gasteiger partial charge is 0.573 e. The van der Waals surface area contributed by atoms with Gasteiger partial charge in [-0.05, 0) is 66.8 Å². The van der Waals surface area contributed by atoms with E-state index in [1.54, 1.807) is 0 Å². The van der Waals surface area contributed by atoms with Crippen molar-refractivity contribution in [3.63, 3.8) is 0 Å². The number of fused-ring (bicyclic) bond motifs is 2. The number of hydrogen-bond acceptors (Lipinski definition) is 5. The first kappa shape index (κ1) is 27.0. The Balaban J connectivity index is 1.53. The second kappa shape index (κ2) is 11.5. The molecule has 0 saturated heterocycles. The Hall–Kier alpha value is -3.08. The second-order valence-corrected chi connectivity index (χ2v) is 10.8. The number of aryl methyl sites for hydroxylation is 2. The van der Waals surface area contributed by atoms with Crippen LogP contribution < -0.4 is 14.4 Å². The SMILES string of the molecule is CCCN=[S@@](=O)(NC[C@@H](O)CN1c2ccccc2CCc2ccccc21)c1ccc(OC(F)(F)F)cc1. The van der Waals surface area contributed by atoms with Gasteiger partial charge in [-0.15, -0.1) is 13.2 Å². The third-order valence-electron chi connectivity index (χ3n) is 6.01. The van der Waals surface area contributed by atoms with Gasteiger partial charge in [-0.2, -0.15) is 0 Å². The highest BCUT2D eigenvalue weighted by atomic mass is 32.2. The van der Waals surface area contributed by atoms with Gasteiger partial charge in [-0.1, -0.05) is 43.3 Å². The third-order valence-corrected chi connectivity index (χ3v) is 8.03. The average molecular weight is 534 g/mol. The molecule has 10 heteroatoms. The van der Waals surface area contributed by atoms with Crippen molar-refractivity contribution < 1.29 is 27.2 Å². The maximum Gasteiger partial charge on any atom is 0.573 e. The summed E-state index contributed by atoms with van der Waals surface area (Å²) in [6.07, 6.45) is -3.32.